The van der Waals surface area contributed by atoms with E-state index in [1.165, 1.54) is 11.0 Å². The number of amides is 4. The van der Waals surface area contributed by atoms with Crippen LogP contribution in [0.4, 0.5) is 14.9 Å². The number of halogens is 1. The zero-order valence-electron chi connectivity index (χ0n) is 16.8. The molecule has 1 saturated carbocycles. The van der Waals surface area contributed by atoms with E-state index in [4.69, 9.17) is 0 Å². The lowest BCUT2D eigenvalue weighted by Gasteiger charge is -2.37. The highest BCUT2D eigenvalue weighted by atomic mass is 19.1. The van der Waals surface area contributed by atoms with Crippen molar-refractivity contribution in [3.8, 4) is 0 Å². The molecule has 4 rings (SSSR count). The zero-order chi connectivity index (χ0) is 20.6. The van der Waals surface area contributed by atoms with Crippen LogP contribution in [0.25, 0.3) is 0 Å². The van der Waals surface area contributed by atoms with Gasteiger partial charge in [0.1, 0.15) is 17.9 Å². The monoisotopic (exact) mass is 402 g/mol. The second-order valence-corrected chi connectivity index (χ2v) is 8.14. The number of imide groups is 1. The third-order valence-corrected chi connectivity index (χ3v) is 6.60. The maximum Gasteiger partial charge on any atom is 0.327 e. The van der Waals surface area contributed by atoms with Gasteiger partial charge in [-0.15, -0.1) is 0 Å². The number of benzene rings is 1. The third kappa shape index (κ3) is 3.34. The summed E-state index contributed by atoms with van der Waals surface area (Å²) < 4.78 is 14.0. The highest BCUT2D eigenvalue weighted by molar-refractivity contribution is 6.09. The SMILES string of the molecule is CN1C(=O)N(CC(=O)N2CCN(c3ccccc3F)CC2)C(=O)C12CCCCC2. The van der Waals surface area contributed by atoms with Crippen molar-refractivity contribution in [3.63, 3.8) is 0 Å². The van der Waals surface area contributed by atoms with Crippen LogP contribution in [-0.4, -0.2) is 77.9 Å². The van der Waals surface area contributed by atoms with Crippen LogP contribution in [0.3, 0.4) is 0 Å². The summed E-state index contributed by atoms with van der Waals surface area (Å²) in [5.74, 6) is -0.745. The molecule has 0 N–H and O–H groups in total. The molecule has 8 heteroatoms. The van der Waals surface area contributed by atoms with E-state index in [2.05, 4.69) is 0 Å². The van der Waals surface area contributed by atoms with Gasteiger partial charge in [0, 0.05) is 33.2 Å². The zero-order valence-corrected chi connectivity index (χ0v) is 16.8. The van der Waals surface area contributed by atoms with E-state index in [-0.39, 0.29) is 30.2 Å². The minimum Gasteiger partial charge on any atom is -0.366 e. The van der Waals surface area contributed by atoms with Crippen LogP contribution in [0, 0.1) is 5.82 Å². The molecule has 3 aliphatic rings. The van der Waals surface area contributed by atoms with Gasteiger partial charge in [-0.05, 0) is 25.0 Å². The molecule has 2 aliphatic heterocycles. The van der Waals surface area contributed by atoms with Crippen LogP contribution in [-0.2, 0) is 9.59 Å². The number of carbonyl (C=O) groups is 3. The Morgan fingerprint density at radius 3 is 2.34 bits per heavy atom. The van der Waals surface area contributed by atoms with E-state index < -0.39 is 5.54 Å². The molecule has 4 amide bonds. The van der Waals surface area contributed by atoms with Crippen LogP contribution in [0.15, 0.2) is 24.3 Å². The van der Waals surface area contributed by atoms with Gasteiger partial charge < -0.3 is 14.7 Å². The normalized spacial score (nSPS) is 22.0. The Hall–Kier alpha value is -2.64. The van der Waals surface area contributed by atoms with Crippen molar-refractivity contribution in [2.75, 3.05) is 44.7 Å². The number of nitrogens with zero attached hydrogens (tertiary/aromatic N) is 4. The molecule has 2 saturated heterocycles. The van der Waals surface area contributed by atoms with E-state index in [0.29, 0.717) is 44.7 Å². The molecule has 1 aliphatic carbocycles. The lowest BCUT2D eigenvalue weighted by molar-refractivity contribution is -0.140. The number of likely N-dealkylation sites (N-methyl/N-ethyl adjacent to an activating group) is 1. The number of urea groups is 1. The summed E-state index contributed by atoms with van der Waals surface area (Å²) in [7, 11) is 1.67. The summed E-state index contributed by atoms with van der Waals surface area (Å²) >= 11 is 0. The quantitative estimate of drug-likeness (QED) is 0.726. The maximum absolute atomic E-state index is 14.0. The first-order valence-corrected chi connectivity index (χ1v) is 10.3. The summed E-state index contributed by atoms with van der Waals surface area (Å²) in [6.45, 7) is 1.68. The van der Waals surface area contributed by atoms with Crippen LogP contribution >= 0.6 is 0 Å². The summed E-state index contributed by atoms with van der Waals surface area (Å²) in [6.07, 6.45) is 4.24. The Kier molecular flexibility index (Phi) is 5.19. The van der Waals surface area contributed by atoms with Crippen LogP contribution in [0.2, 0.25) is 0 Å². The average Bonchev–Trinajstić information content (AvgIpc) is 2.91. The van der Waals surface area contributed by atoms with Crippen LogP contribution < -0.4 is 4.90 Å². The molecule has 1 spiro atoms. The van der Waals surface area contributed by atoms with Crippen molar-refractivity contribution in [3.05, 3.63) is 30.1 Å². The number of hydrogen-bond donors (Lipinski definition) is 0. The largest absolute Gasteiger partial charge is 0.366 e. The van der Waals surface area contributed by atoms with E-state index in [1.807, 2.05) is 4.90 Å². The predicted molar refractivity (Wildman–Crippen MR) is 106 cm³/mol. The first kappa shape index (κ1) is 19.7. The first-order valence-electron chi connectivity index (χ1n) is 10.3. The molecule has 0 atom stereocenters. The third-order valence-electron chi connectivity index (χ3n) is 6.60. The van der Waals surface area contributed by atoms with Crippen molar-refractivity contribution >= 4 is 23.5 Å². The standard InChI is InChI=1S/C21H27FN4O3/c1-23-20(29)26(19(28)21(23)9-5-2-6-10-21)15-18(27)25-13-11-24(12-14-25)17-8-4-3-7-16(17)22/h3-4,7-8H,2,5-6,9-15H2,1H3. The predicted octanol–water partition coefficient (Wildman–Crippen LogP) is 2.07. The smallest absolute Gasteiger partial charge is 0.327 e. The molecule has 0 bridgehead atoms. The fourth-order valence-corrected chi connectivity index (χ4v) is 4.81. The Morgan fingerprint density at radius 1 is 1.03 bits per heavy atom. The van der Waals surface area contributed by atoms with Gasteiger partial charge in [-0.25, -0.2) is 9.18 Å². The minimum absolute atomic E-state index is 0.219. The van der Waals surface area contributed by atoms with Crippen molar-refractivity contribution in [2.45, 2.75) is 37.6 Å². The van der Waals surface area contributed by atoms with Gasteiger partial charge >= 0.3 is 6.03 Å². The highest BCUT2D eigenvalue weighted by Crippen LogP contribution is 2.39. The minimum atomic E-state index is -0.765. The summed E-state index contributed by atoms with van der Waals surface area (Å²) in [5, 5.41) is 0. The lowest BCUT2D eigenvalue weighted by atomic mass is 9.81. The van der Waals surface area contributed by atoms with E-state index >= 15 is 0 Å². The maximum atomic E-state index is 14.0. The Bertz CT molecular complexity index is 816. The van der Waals surface area contributed by atoms with Gasteiger partial charge in [0.25, 0.3) is 5.91 Å². The average molecular weight is 402 g/mol. The van der Waals surface area contributed by atoms with Crippen LogP contribution in [0.1, 0.15) is 32.1 Å². The van der Waals surface area contributed by atoms with Crippen molar-refractivity contribution < 1.29 is 18.8 Å². The van der Waals surface area contributed by atoms with Crippen molar-refractivity contribution in [1.29, 1.82) is 0 Å². The molecule has 156 valence electrons. The Labute approximate surface area is 170 Å². The molecule has 7 nitrogen and oxygen atoms in total. The molecular formula is C21H27FN4O3. The number of anilines is 1. The summed E-state index contributed by atoms with van der Waals surface area (Å²) in [6, 6.07) is 6.22. The van der Waals surface area contributed by atoms with Gasteiger partial charge in [0.2, 0.25) is 5.91 Å². The fourth-order valence-electron chi connectivity index (χ4n) is 4.81. The topological polar surface area (TPSA) is 64.2 Å². The molecule has 0 aromatic heterocycles. The highest BCUT2D eigenvalue weighted by Gasteiger charge is 2.56. The van der Waals surface area contributed by atoms with Gasteiger partial charge in [0.05, 0.1) is 5.69 Å². The van der Waals surface area contributed by atoms with E-state index in [1.54, 1.807) is 30.1 Å². The first-order chi connectivity index (χ1) is 13.9. The van der Waals surface area contributed by atoms with E-state index in [9.17, 15) is 18.8 Å². The molecular weight excluding hydrogens is 375 g/mol. The van der Waals surface area contributed by atoms with Crippen molar-refractivity contribution in [1.82, 2.24) is 14.7 Å². The van der Waals surface area contributed by atoms with Gasteiger partial charge in [-0.2, -0.15) is 0 Å². The molecule has 1 aromatic rings. The van der Waals surface area contributed by atoms with Crippen LogP contribution in [0.5, 0.6) is 0 Å². The number of rotatable bonds is 3. The number of piperazine rings is 1. The molecule has 1 aromatic carbocycles. The lowest BCUT2D eigenvalue weighted by Crippen LogP contribution is -2.52. The molecule has 3 fully saturated rings. The molecule has 0 radical (unpaired) electrons. The second kappa shape index (κ2) is 7.65. The van der Waals surface area contributed by atoms with Gasteiger partial charge in [0.15, 0.2) is 0 Å². The summed E-state index contributed by atoms with van der Waals surface area (Å²) in [4.78, 5) is 44.8. The summed E-state index contributed by atoms with van der Waals surface area (Å²) in [5.41, 5.74) is -0.232. The number of para-hydroxylation sites is 1. The number of carbonyl (C=O) groups excluding carboxylic acids is 3. The van der Waals surface area contributed by atoms with Gasteiger partial charge in [-0.3, -0.25) is 14.5 Å². The second-order valence-electron chi connectivity index (χ2n) is 8.14. The number of hydrogen-bond acceptors (Lipinski definition) is 4. The Morgan fingerprint density at radius 2 is 1.69 bits per heavy atom. The Balaban J connectivity index is 1.38. The molecule has 29 heavy (non-hydrogen) atoms. The molecule has 0 unspecified atom stereocenters. The van der Waals surface area contributed by atoms with Gasteiger partial charge in [-0.1, -0.05) is 31.4 Å². The fraction of sp³-hybridized carbons (Fsp3) is 0.571. The molecule has 2 heterocycles. The van der Waals surface area contributed by atoms with E-state index in [0.717, 1.165) is 24.2 Å². The van der Waals surface area contributed by atoms with Crippen molar-refractivity contribution in [2.24, 2.45) is 0 Å².